The molecule has 0 aliphatic heterocycles. The third kappa shape index (κ3) is 4.04. The number of benzene rings is 1. The molecular formula is C17H28O. The molecule has 0 saturated carbocycles. The summed E-state index contributed by atoms with van der Waals surface area (Å²) in [6.45, 7) is 13.3. The summed E-state index contributed by atoms with van der Waals surface area (Å²) in [5, 5.41) is 9.94. The second-order valence-corrected chi connectivity index (χ2v) is 6.80. The molecule has 1 aromatic rings. The number of phenols is 1. The van der Waals surface area contributed by atoms with E-state index in [4.69, 9.17) is 0 Å². The molecule has 0 aromatic heterocycles. The summed E-state index contributed by atoms with van der Waals surface area (Å²) < 4.78 is 0. The average molecular weight is 248 g/mol. The van der Waals surface area contributed by atoms with Crippen LogP contribution in [0.15, 0.2) is 18.2 Å². The van der Waals surface area contributed by atoms with Crippen molar-refractivity contribution in [2.45, 2.75) is 65.7 Å². The molecule has 0 fully saturated rings. The predicted octanol–water partition coefficient (Wildman–Crippen LogP) is 5.23. The Bertz CT molecular complexity index is 385. The smallest absolute Gasteiger partial charge is 0.116 e. The molecule has 0 aliphatic rings. The summed E-state index contributed by atoms with van der Waals surface area (Å²) in [4.78, 5) is 0. The lowest BCUT2D eigenvalue weighted by Gasteiger charge is -2.24. The molecule has 102 valence electrons. The highest BCUT2D eigenvalue weighted by atomic mass is 16.3. The molecule has 1 unspecified atom stereocenters. The van der Waals surface area contributed by atoms with Crippen LogP contribution in [0.4, 0.5) is 0 Å². The Balaban J connectivity index is 3.11. The van der Waals surface area contributed by atoms with E-state index < -0.39 is 0 Å². The highest BCUT2D eigenvalue weighted by Crippen LogP contribution is 2.33. The van der Waals surface area contributed by atoms with Crippen molar-refractivity contribution in [2.75, 3.05) is 0 Å². The zero-order chi connectivity index (χ0) is 13.9. The zero-order valence-corrected chi connectivity index (χ0v) is 12.7. The van der Waals surface area contributed by atoms with E-state index >= 15 is 0 Å². The van der Waals surface area contributed by atoms with Crippen LogP contribution in [0.1, 0.15) is 71.4 Å². The average Bonchev–Trinajstić information content (AvgIpc) is 2.23. The van der Waals surface area contributed by atoms with Crippen LogP contribution in [0.25, 0.3) is 0 Å². The van der Waals surface area contributed by atoms with Gasteiger partial charge >= 0.3 is 0 Å². The predicted molar refractivity (Wildman–Crippen MR) is 79.3 cm³/mol. The minimum Gasteiger partial charge on any atom is -0.508 e. The van der Waals surface area contributed by atoms with Gasteiger partial charge in [-0.3, -0.25) is 0 Å². The normalized spacial score (nSPS) is 13.9. The van der Waals surface area contributed by atoms with Crippen LogP contribution in [0, 0.1) is 5.92 Å². The van der Waals surface area contributed by atoms with E-state index in [1.807, 2.05) is 12.1 Å². The van der Waals surface area contributed by atoms with Crippen LogP contribution in [0.3, 0.4) is 0 Å². The van der Waals surface area contributed by atoms with Gasteiger partial charge in [-0.15, -0.1) is 0 Å². The fraction of sp³-hybridized carbons (Fsp3) is 0.647. The van der Waals surface area contributed by atoms with Gasteiger partial charge in [0, 0.05) is 0 Å². The molecule has 1 rings (SSSR count). The van der Waals surface area contributed by atoms with Crippen LogP contribution >= 0.6 is 0 Å². The Morgan fingerprint density at radius 2 is 1.72 bits per heavy atom. The minimum atomic E-state index is 0.0869. The Kier molecular flexibility index (Phi) is 4.84. The third-order valence-corrected chi connectivity index (χ3v) is 3.53. The van der Waals surface area contributed by atoms with Gasteiger partial charge in [0.1, 0.15) is 5.75 Å². The maximum absolute atomic E-state index is 9.94. The van der Waals surface area contributed by atoms with E-state index in [1.165, 1.54) is 17.5 Å². The quantitative estimate of drug-likeness (QED) is 0.773. The lowest BCUT2D eigenvalue weighted by atomic mass is 9.82. The Morgan fingerprint density at radius 3 is 2.17 bits per heavy atom. The summed E-state index contributed by atoms with van der Waals surface area (Å²) in [6.07, 6.45) is 2.31. The van der Waals surface area contributed by atoms with Crippen LogP contribution in [0.2, 0.25) is 0 Å². The molecule has 0 saturated heterocycles. The Hall–Kier alpha value is -0.980. The molecule has 1 N–H and O–H groups in total. The molecule has 0 amide bonds. The van der Waals surface area contributed by atoms with Crippen LogP contribution < -0.4 is 0 Å². The van der Waals surface area contributed by atoms with Crippen molar-refractivity contribution < 1.29 is 5.11 Å². The SMILES string of the molecule is CCC(CC(C)C)c1cc(O)cc(C(C)(C)C)c1. The fourth-order valence-electron chi connectivity index (χ4n) is 2.41. The second kappa shape index (κ2) is 5.77. The fourth-order valence-corrected chi connectivity index (χ4v) is 2.41. The van der Waals surface area contributed by atoms with E-state index in [0.717, 1.165) is 6.42 Å². The summed E-state index contributed by atoms with van der Waals surface area (Å²) in [6, 6.07) is 6.10. The summed E-state index contributed by atoms with van der Waals surface area (Å²) in [5.41, 5.74) is 2.60. The molecule has 18 heavy (non-hydrogen) atoms. The van der Waals surface area contributed by atoms with Crippen LogP contribution in [-0.2, 0) is 5.41 Å². The lowest BCUT2D eigenvalue weighted by Crippen LogP contribution is -2.12. The topological polar surface area (TPSA) is 20.2 Å². The van der Waals surface area contributed by atoms with Gasteiger partial charge in [-0.25, -0.2) is 0 Å². The van der Waals surface area contributed by atoms with E-state index in [0.29, 0.717) is 17.6 Å². The van der Waals surface area contributed by atoms with Gasteiger partial charge < -0.3 is 5.11 Å². The van der Waals surface area contributed by atoms with Gasteiger partial charge in [0.05, 0.1) is 0 Å². The Labute approximate surface area is 112 Å². The van der Waals surface area contributed by atoms with Crippen LogP contribution in [0.5, 0.6) is 5.75 Å². The first kappa shape index (κ1) is 15.1. The highest BCUT2D eigenvalue weighted by molar-refractivity contribution is 5.38. The monoisotopic (exact) mass is 248 g/mol. The van der Waals surface area contributed by atoms with Gasteiger partial charge in [-0.2, -0.15) is 0 Å². The van der Waals surface area contributed by atoms with Crippen LogP contribution in [-0.4, -0.2) is 5.11 Å². The molecule has 1 aromatic carbocycles. The van der Waals surface area contributed by atoms with Crippen molar-refractivity contribution in [1.82, 2.24) is 0 Å². The summed E-state index contributed by atoms with van der Waals surface area (Å²) >= 11 is 0. The van der Waals surface area contributed by atoms with Gasteiger partial charge in [0.25, 0.3) is 0 Å². The molecule has 0 aliphatic carbocycles. The molecule has 1 heteroatoms. The number of hydrogen-bond acceptors (Lipinski definition) is 1. The summed E-state index contributed by atoms with van der Waals surface area (Å²) in [7, 11) is 0. The molecule has 0 radical (unpaired) electrons. The van der Waals surface area contributed by atoms with E-state index in [2.05, 4.69) is 47.6 Å². The third-order valence-electron chi connectivity index (χ3n) is 3.53. The van der Waals surface area contributed by atoms with Gasteiger partial charge in [0.2, 0.25) is 0 Å². The number of phenolic OH excluding ortho intramolecular Hbond substituents is 1. The second-order valence-electron chi connectivity index (χ2n) is 6.80. The van der Waals surface area contributed by atoms with Crippen molar-refractivity contribution in [3.8, 4) is 5.75 Å². The standard InChI is InChI=1S/C17H28O/c1-7-13(8-12(2)3)14-9-15(17(4,5)6)11-16(18)10-14/h9-13,18H,7-8H2,1-6H3. The van der Waals surface area contributed by atoms with E-state index in [9.17, 15) is 5.11 Å². The molecule has 0 bridgehead atoms. The molecule has 1 nitrogen and oxygen atoms in total. The van der Waals surface area contributed by atoms with Crippen molar-refractivity contribution in [3.63, 3.8) is 0 Å². The molecule has 1 atom stereocenters. The van der Waals surface area contributed by atoms with Gasteiger partial charge in [-0.1, -0.05) is 47.6 Å². The number of hydrogen-bond donors (Lipinski definition) is 1. The largest absolute Gasteiger partial charge is 0.508 e. The first-order valence-corrected chi connectivity index (χ1v) is 7.08. The highest BCUT2D eigenvalue weighted by Gasteiger charge is 2.18. The van der Waals surface area contributed by atoms with Crippen molar-refractivity contribution >= 4 is 0 Å². The number of rotatable bonds is 4. The first-order valence-electron chi connectivity index (χ1n) is 7.08. The Morgan fingerprint density at radius 1 is 1.11 bits per heavy atom. The van der Waals surface area contributed by atoms with E-state index in [1.54, 1.807) is 0 Å². The first-order chi connectivity index (χ1) is 8.24. The van der Waals surface area contributed by atoms with E-state index in [-0.39, 0.29) is 5.41 Å². The maximum Gasteiger partial charge on any atom is 0.116 e. The van der Waals surface area contributed by atoms with Crippen molar-refractivity contribution in [2.24, 2.45) is 5.92 Å². The molecular weight excluding hydrogens is 220 g/mol. The maximum atomic E-state index is 9.94. The summed E-state index contributed by atoms with van der Waals surface area (Å²) in [5.74, 6) is 1.65. The van der Waals surface area contributed by atoms with Gasteiger partial charge in [-0.05, 0) is 53.4 Å². The lowest BCUT2D eigenvalue weighted by molar-refractivity contribution is 0.460. The van der Waals surface area contributed by atoms with Crippen molar-refractivity contribution in [1.29, 1.82) is 0 Å². The van der Waals surface area contributed by atoms with Gasteiger partial charge in [0.15, 0.2) is 0 Å². The molecule has 0 heterocycles. The molecule has 0 spiro atoms. The van der Waals surface area contributed by atoms with Crippen molar-refractivity contribution in [3.05, 3.63) is 29.3 Å². The number of aromatic hydroxyl groups is 1. The zero-order valence-electron chi connectivity index (χ0n) is 12.7. The minimum absolute atomic E-state index is 0.0869.